The maximum atomic E-state index is 12.2. The summed E-state index contributed by atoms with van der Waals surface area (Å²) < 4.78 is 32.8. The van der Waals surface area contributed by atoms with Crippen molar-refractivity contribution in [2.45, 2.75) is 77.0 Å². The van der Waals surface area contributed by atoms with Crippen LogP contribution in [-0.2, 0) is 39.3 Å². The first-order valence-electron chi connectivity index (χ1n) is 12.3. The van der Waals surface area contributed by atoms with Gasteiger partial charge in [-0.1, -0.05) is 68.7 Å². The normalized spacial score (nSPS) is 14.9. The average Bonchev–Trinajstić information content (AvgIpc) is 2.85. The minimum absolute atomic E-state index is 0.159. The average molecular weight is 530 g/mol. The number of carbonyl (C=O) groups excluding carboxylic acids is 1. The lowest BCUT2D eigenvalue weighted by atomic mass is 10.1. The number of aliphatic carboxylic acids is 1. The Kier molecular flexibility index (Phi) is 17.0. The van der Waals surface area contributed by atoms with E-state index in [1.165, 1.54) is 0 Å². The number of allylic oxidation sites excluding steroid dienone is 2. The van der Waals surface area contributed by atoms with Crippen molar-refractivity contribution in [3.8, 4) is 0 Å². The van der Waals surface area contributed by atoms with Gasteiger partial charge in [0.15, 0.2) is 0 Å². The summed E-state index contributed by atoms with van der Waals surface area (Å²) in [5.41, 5.74) is 6.17. The number of benzene rings is 1. The van der Waals surface area contributed by atoms with Crippen LogP contribution in [0.3, 0.4) is 0 Å². The van der Waals surface area contributed by atoms with E-state index >= 15 is 0 Å². The molecular formula is C25H40NO9P. The molecule has 11 heteroatoms. The molecule has 0 aromatic heterocycles. The zero-order chi connectivity index (χ0) is 26.7. The second-order valence-corrected chi connectivity index (χ2v) is 9.71. The van der Waals surface area contributed by atoms with Crippen LogP contribution in [0.5, 0.6) is 0 Å². The van der Waals surface area contributed by atoms with Gasteiger partial charge in [0, 0.05) is 6.42 Å². The maximum Gasteiger partial charge on any atom is 0.472 e. The van der Waals surface area contributed by atoms with Gasteiger partial charge < -0.3 is 25.2 Å². The topological polar surface area (TPSA) is 155 Å². The second-order valence-electron chi connectivity index (χ2n) is 8.31. The van der Waals surface area contributed by atoms with Crippen molar-refractivity contribution in [2.24, 2.45) is 5.73 Å². The molecule has 0 saturated heterocycles. The van der Waals surface area contributed by atoms with Crippen LogP contribution in [0.2, 0.25) is 0 Å². The summed E-state index contributed by atoms with van der Waals surface area (Å²) in [5.74, 6) is -1.83. The molecule has 0 heterocycles. The van der Waals surface area contributed by atoms with Crippen LogP contribution in [0.15, 0.2) is 42.5 Å². The van der Waals surface area contributed by atoms with Gasteiger partial charge in [-0.25, -0.2) is 4.57 Å². The summed E-state index contributed by atoms with van der Waals surface area (Å²) in [6.07, 6.45) is 10.5. The number of hydrogen-bond acceptors (Lipinski definition) is 8. The third-order valence-corrected chi connectivity index (χ3v) is 6.06. The summed E-state index contributed by atoms with van der Waals surface area (Å²) >= 11 is 0. The van der Waals surface area contributed by atoms with Gasteiger partial charge in [-0.2, -0.15) is 0 Å². The highest BCUT2D eigenvalue weighted by Crippen LogP contribution is 2.44. The fourth-order valence-electron chi connectivity index (χ4n) is 3.06. The Bertz CT molecular complexity index is 819. The van der Waals surface area contributed by atoms with E-state index in [-0.39, 0.29) is 26.2 Å². The summed E-state index contributed by atoms with van der Waals surface area (Å²) in [4.78, 5) is 32.9. The number of carboxylic acid groups (broad SMARTS) is 1. The molecule has 1 rings (SSSR count). The van der Waals surface area contributed by atoms with Crippen molar-refractivity contribution in [2.75, 3.05) is 19.8 Å². The first-order chi connectivity index (χ1) is 17.2. The van der Waals surface area contributed by atoms with Crippen LogP contribution in [-0.4, -0.2) is 53.9 Å². The van der Waals surface area contributed by atoms with Gasteiger partial charge in [-0.3, -0.25) is 18.6 Å². The fourth-order valence-corrected chi connectivity index (χ4v) is 3.97. The number of rotatable bonds is 21. The summed E-state index contributed by atoms with van der Waals surface area (Å²) in [6, 6.07) is 7.77. The molecule has 36 heavy (non-hydrogen) atoms. The van der Waals surface area contributed by atoms with Gasteiger partial charge in [0.25, 0.3) is 0 Å². The molecule has 0 aliphatic heterocycles. The molecule has 1 aromatic carbocycles. The van der Waals surface area contributed by atoms with E-state index in [9.17, 15) is 19.0 Å². The summed E-state index contributed by atoms with van der Waals surface area (Å²) in [5, 5.41) is 8.80. The predicted octanol–water partition coefficient (Wildman–Crippen LogP) is 4.36. The quantitative estimate of drug-likeness (QED) is 0.0905. The number of phosphoric ester groups is 1. The Balaban J connectivity index is 2.45. The molecule has 3 atom stereocenters. The molecule has 0 amide bonds. The molecule has 0 bridgehead atoms. The molecule has 0 spiro atoms. The lowest BCUT2D eigenvalue weighted by molar-refractivity contribution is -0.148. The Hall–Kier alpha value is -2.07. The highest BCUT2D eigenvalue weighted by Gasteiger charge is 2.29. The monoisotopic (exact) mass is 529 g/mol. The van der Waals surface area contributed by atoms with E-state index < -0.39 is 38.5 Å². The molecule has 0 radical (unpaired) electrons. The van der Waals surface area contributed by atoms with E-state index in [1.54, 1.807) is 0 Å². The zero-order valence-corrected chi connectivity index (χ0v) is 21.9. The smallest absolute Gasteiger partial charge is 0.472 e. The molecule has 0 aliphatic carbocycles. The van der Waals surface area contributed by atoms with Gasteiger partial charge in [0.2, 0.25) is 0 Å². The number of hydrogen-bond donors (Lipinski definition) is 3. The van der Waals surface area contributed by atoms with Gasteiger partial charge in [0.05, 0.1) is 19.8 Å². The second kappa shape index (κ2) is 19.1. The predicted molar refractivity (Wildman–Crippen MR) is 135 cm³/mol. The molecule has 4 N–H and O–H groups in total. The number of phosphoric acid groups is 1. The number of carboxylic acids is 1. The van der Waals surface area contributed by atoms with Crippen molar-refractivity contribution >= 4 is 19.8 Å². The Morgan fingerprint density at radius 2 is 1.72 bits per heavy atom. The van der Waals surface area contributed by atoms with Crippen molar-refractivity contribution in [1.29, 1.82) is 0 Å². The van der Waals surface area contributed by atoms with Crippen molar-refractivity contribution in [3.63, 3.8) is 0 Å². The van der Waals surface area contributed by atoms with Crippen LogP contribution in [0.4, 0.5) is 0 Å². The molecule has 1 aromatic rings. The molecule has 0 aliphatic rings. The number of ether oxygens (including phenoxy) is 2. The molecule has 1 unspecified atom stereocenters. The summed E-state index contributed by atoms with van der Waals surface area (Å²) in [6.45, 7) is 1.11. The zero-order valence-electron chi connectivity index (χ0n) is 21.0. The fraction of sp³-hybridized carbons (Fsp3) is 0.600. The minimum Gasteiger partial charge on any atom is -0.480 e. The molecule has 10 nitrogen and oxygen atoms in total. The summed E-state index contributed by atoms with van der Waals surface area (Å²) in [7, 11) is -4.68. The number of carbonyl (C=O) groups is 2. The highest BCUT2D eigenvalue weighted by molar-refractivity contribution is 7.47. The molecule has 204 valence electrons. The number of nitrogens with two attached hydrogens (primary N) is 1. The lowest BCUT2D eigenvalue weighted by Crippen LogP contribution is -2.35. The first-order valence-corrected chi connectivity index (χ1v) is 13.8. The van der Waals surface area contributed by atoms with E-state index in [0.29, 0.717) is 6.42 Å². The van der Waals surface area contributed by atoms with Gasteiger partial charge in [-0.15, -0.1) is 0 Å². The van der Waals surface area contributed by atoms with Crippen LogP contribution >= 0.6 is 7.82 Å². The van der Waals surface area contributed by atoms with Gasteiger partial charge in [-0.05, 0) is 31.2 Å². The van der Waals surface area contributed by atoms with Crippen molar-refractivity contribution in [1.82, 2.24) is 0 Å². The van der Waals surface area contributed by atoms with Crippen LogP contribution < -0.4 is 5.73 Å². The van der Waals surface area contributed by atoms with E-state index in [0.717, 1.165) is 44.1 Å². The number of unbranched alkanes of at least 4 members (excludes halogenated alkanes) is 5. The first kappa shape index (κ1) is 32.0. The third-order valence-electron chi connectivity index (χ3n) is 5.02. The van der Waals surface area contributed by atoms with E-state index in [4.69, 9.17) is 24.8 Å². The number of esters is 1. The van der Waals surface area contributed by atoms with Crippen LogP contribution in [0, 0.1) is 0 Å². The van der Waals surface area contributed by atoms with Crippen molar-refractivity contribution < 1.29 is 42.7 Å². The van der Waals surface area contributed by atoms with E-state index in [1.807, 2.05) is 30.3 Å². The standard InChI is InChI=1S/C25H40NO9P/c1-2-3-4-5-6-7-8-9-13-16-24(27)33-19-22(18-32-17-21-14-11-10-12-15-21)35-36(30,31)34-20-23(26)25(28)29/h3-4,10-12,14-15,22-23H,2,5-9,13,16-20,26H2,1H3,(H,28,29)(H,30,31)/b4-3-/t22-,23+/m1/s1. The Morgan fingerprint density at radius 3 is 2.42 bits per heavy atom. The van der Waals surface area contributed by atoms with Gasteiger partial charge in [0.1, 0.15) is 18.8 Å². The third kappa shape index (κ3) is 16.6. The van der Waals surface area contributed by atoms with Crippen LogP contribution in [0.25, 0.3) is 0 Å². The molecule has 0 fully saturated rings. The Morgan fingerprint density at radius 1 is 1.03 bits per heavy atom. The molecule has 0 saturated carbocycles. The lowest BCUT2D eigenvalue weighted by Gasteiger charge is -2.21. The van der Waals surface area contributed by atoms with Gasteiger partial charge >= 0.3 is 19.8 Å². The van der Waals surface area contributed by atoms with Crippen LogP contribution in [0.1, 0.15) is 63.9 Å². The molecular weight excluding hydrogens is 489 g/mol. The van der Waals surface area contributed by atoms with E-state index in [2.05, 4.69) is 23.6 Å². The van der Waals surface area contributed by atoms with Crippen molar-refractivity contribution in [3.05, 3.63) is 48.0 Å². The highest BCUT2D eigenvalue weighted by atomic mass is 31.2. The SMILES string of the molecule is CC/C=C\CCCCCCCC(=O)OC[C@@H](COCc1ccccc1)OP(=O)(O)OC[C@H](N)C(=O)O. The largest absolute Gasteiger partial charge is 0.480 e. The maximum absolute atomic E-state index is 12.2. The minimum atomic E-state index is -4.68. The Labute approximate surface area is 213 Å².